The maximum atomic E-state index is 12.7. The van der Waals surface area contributed by atoms with Crippen molar-refractivity contribution in [2.24, 2.45) is 5.92 Å². The fourth-order valence-corrected chi connectivity index (χ4v) is 2.86. The molecule has 0 aromatic heterocycles. The number of ether oxygens (including phenoxy) is 3. The summed E-state index contributed by atoms with van der Waals surface area (Å²) in [4.78, 5) is 14.3. The fraction of sp³-hybridized carbons (Fsp3) is 0.650. The Labute approximate surface area is 156 Å². The zero-order valence-corrected chi connectivity index (χ0v) is 16.4. The molecule has 0 radical (unpaired) electrons. The van der Waals surface area contributed by atoms with E-state index in [1.165, 1.54) is 0 Å². The van der Waals surface area contributed by atoms with Gasteiger partial charge in [0, 0.05) is 19.0 Å². The topological polar surface area (TPSA) is 68.2 Å². The summed E-state index contributed by atoms with van der Waals surface area (Å²) in [5.41, 5.74) is 0.411. The number of carbonyl (C=O) groups is 1. The molecule has 146 valence electrons. The van der Waals surface area contributed by atoms with Gasteiger partial charge in [0.25, 0.3) is 0 Å². The Morgan fingerprint density at radius 3 is 2.50 bits per heavy atom. The van der Waals surface area contributed by atoms with Gasteiger partial charge in [0.05, 0.1) is 19.3 Å². The zero-order valence-electron chi connectivity index (χ0n) is 16.4. The smallest absolute Gasteiger partial charge is 0.410 e. The average molecular weight is 365 g/mol. The van der Waals surface area contributed by atoms with Gasteiger partial charge in [-0.3, -0.25) is 0 Å². The van der Waals surface area contributed by atoms with E-state index < -0.39 is 17.5 Å². The molecule has 2 rings (SSSR count). The van der Waals surface area contributed by atoms with Crippen LogP contribution in [-0.4, -0.2) is 53.4 Å². The maximum absolute atomic E-state index is 12.7. The molecule has 1 aliphatic rings. The SMILES string of the molecule is CC(C)(C)OC(=O)N(Cc1ccccc1)CC(CO)C1COC(C)(C)O1. The minimum atomic E-state index is -0.672. The van der Waals surface area contributed by atoms with E-state index >= 15 is 0 Å². The van der Waals surface area contributed by atoms with E-state index in [4.69, 9.17) is 14.2 Å². The number of hydrogen-bond donors (Lipinski definition) is 1. The number of amides is 1. The van der Waals surface area contributed by atoms with E-state index in [9.17, 15) is 9.90 Å². The molecule has 0 saturated carbocycles. The molecule has 6 nitrogen and oxygen atoms in total. The highest BCUT2D eigenvalue weighted by Crippen LogP contribution is 2.28. The standard InChI is InChI=1S/C20H31NO5/c1-19(2,3)26-18(23)21(11-15-9-7-6-8-10-15)12-16(13-22)17-14-24-20(4,5)25-17/h6-10,16-17,22H,11-14H2,1-5H3. The lowest BCUT2D eigenvalue weighted by Crippen LogP contribution is -2.43. The Balaban J connectivity index is 2.12. The van der Waals surface area contributed by atoms with Crippen molar-refractivity contribution in [2.45, 2.75) is 58.7 Å². The third kappa shape index (κ3) is 6.27. The van der Waals surface area contributed by atoms with E-state index in [0.717, 1.165) is 5.56 Å². The normalized spacial score (nSPS) is 20.6. The van der Waals surface area contributed by atoms with Gasteiger partial charge in [-0.1, -0.05) is 30.3 Å². The minimum Gasteiger partial charge on any atom is -0.444 e. The molecule has 26 heavy (non-hydrogen) atoms. The van der Waals surface area contributed by atoms with Crippen molar-refractivity contribution < 1.29 is 24.1 Å². The largest absolute Gasteiger partial charge is 0.444 e. The number of nitrogens with zero attached hydrogens (tertiary/aromatic N) is 1. The van der Waals surface area contributed by atoms with E-state index in [-0.39, 0.29) is 18.6 Å². The number of benzene rings is 1. The molecular weight excluding hydrogens is 334 g/mol. The molecule has 0 aliphatic carbocycles. The van der Waals surface area contributed by atoms with Crippen LogP contribution in [0.25, 0.3) is 0 Å². The molecule has 1 amide bonds. The Morgan fingerprint density at radius 1 is 1.35 bits per heavy atom. The Bertz CT molecular complexity index is 582. The molecule has 1 aliphatic heterocycles. The predicted molar refractivity (Wildman–Crippen MR) is 98.6 cm³/mol. The van der Waals surface area contributed by atoms with Gasteiger partial charge in [-0.15, -0.1) is 0 Å². The second-order valence-corrected chi connectivity index (χ2v) is 8.16. The molecule has 2 unspecified atom stereocenters. The van der Waals surface area contributed by atoms with Gasteiger partial charge >= 0.3 is 6.09 Å². The lowest BCUT2D eigenvalue weighted by molar-refractivity contribution is -0.147. The van der Waals surface area contributed by atoms with Crippen molar-refractivity contribution in [2.75, 3.05) is 19.8 Å². The summed E-state index contributed by atoms with van der Waals surface area (Å²) >= 11 is 0. The van der Waals surface area contributed by atoms with Gasteiger partial charge in [-0.2, -0.15) is 0 Å². The van der Waals surface area contributed by atoms with E-state index in [1.54, 1.807) is 4.90 Å². The van der Waals surface area contributed by atoms with Crippen LogP contribution in [0.15, 0.2) is 30.3 Å². The van der Waals surface area contributed by atoms with Crippen LogP contribution >= 0.6 is 0 Å². The molecule has 6 heteroatoms. The molecule has 1 N–H and O–H groups in total. The zero-order chi connectivity index (χ0) is 19.4. The summed E-state index contributed by atoms with van der Waals surface area (Å²) < 4.78 is 17.0. The average Bonchev–Trinajstić information content (AvgIpc) is 2.90. The molecule has 1 aromatic rings. The Hall–Kier alpha value is -1.63. The highest BCUT2D eigenvalue weighted by atomic mass is 16.7. The monoisotopic (exact) mass is 365 g/mol. The minimum absolute atomic E-state index is 0.0990. The number of carbonyl (C=O) groups excluding carboxylic acids is 1. The number of hydrogen-bond acceptors (Lipinski definition) is 5. The van der Waals surface area contributed by atoms with Crippen LogP contribution in [0.4, 0.5) is 4.79 Å². The van der Waals surface area contributed by atoms with Crippen LogP contribution in [0.3, 0.4) is 0 Å². The summed E-state index contributed by atoms with van der Waals surface area (Å²) in [5.74, 6) is -0.929. The van der Waals surface area contributed by atoms with Crippen molar-refractivity contribution in [3.8, 4) is 0 Å². The molecule has 2 atom stereocenters. The van der Waals surface area contributed by atoms with Crippen molar-refractivity contribution >= 4 is 6.09 Å². The predicted octanol–water partition coefficient (Wildman–Crippen LogP) is 3.18. The van der Waals surface area contributed by atoms with Crippen LogP contribution in [0.1, 0.15) is 40.2 Å². The van der Waals surface area contributed by atoms with Crippen molar-refractivity contribution in [1.82, 2.24) is 4.90 Å². The van der Waals surface area contributed by atoms with Crippen molar-refractivity contribution in [1.29, 1.82) is 0 Å². The van der Waals surface area contributed by atoms with Crippen LogP contribution < -0.4 is 0 Å². The van der Waals surface area contributed by atoms with Crippen LogP contribution in [0.2, 0.25) is 0 Å². The van der Waals surface area contributed by atoms with E-state index in [2.05, 4.69) is 0 Å². The highest BCUT2D eigenvalue weighted by Gasteiger charge is 2.38. The fourth-order valence-electron chi connectivity index (χ4n) is 2.86. The van der Waals surface area contributed by atoms with E-state index in [1.807, 2.05) is 65.0 Å². The first-order valence-electron chi connectivity index (χ1n) is 9.04. The van der Waals surface area contributed by atoms with Crippen LogP contribution in [0.5, 0.6) is 0 Å². The van der Waals surface area contributed by atoms with Gasteiger partial charge in [-0.25, -0.2) is 4.79 Å². The molecule has 0 bridgehead atoms. The molecule has 1 saturated heterocycles. The maximum Gasteiger partial charge on any atom is 0.410 e. The highest BCUT2D eigenvalue weighted by molar-refractivity contribution is 5.68. The van der Waals surface area contributed by atoms with E-state index in [0.29, 0.717) is 19.7 Å². The number of aliphatic hydroxyl groups excluding tert-OH is 1. The molecule has 1 heterocycles. The quantitative estimate of drug-likeness (QED) is 0.838. The number of rotatable bonds is 6. The molecule has 1 fully saturated rings. The van der Waals surface area contributed by atoms with Crippen LogP contribution in [-0.2, 0) is 20.8 Å². The lowest BCUT2D eigenvalue weighted by Gasteiger charge is -2.31. The van der Waals surface area contributed by atoms with Gasteiger partial charge in [0.15, 0.2) is 5.79 Å². The third-order valence-electron chi connectivity index (χ3n) is 4.11. The lowest BCUT2D eigenvalue weighted by atomic mass is 10.0. The first-order chi connectivity index (χ1) is 12.1. The van der Waals surface area contributed by atoms with Gasteiger partial charge in [-0.05, 0) is 40.2 Å². The third-order valence-corrected chi connectivity index (χ3v) is 4.11. The molecule has 0 spiro atoms. The Morgan fingerprint density at radius 2 is 2.00 bits per heavy atom. The second-order valence-electron chi connectivity index (χ2n) is 8.16. The Kier molecular flexibility index (Phi) is 6.66. The number of aliphatic hydroxyl groups is 1. The summed E-state index contributed by atoms with van der Waals surface area (Å²) in [7, 11) is 0. The first-order valence-corrected chi connectivity index (χ1v) is 9.04. The van der Waals surface area contributed by atoms with Crippen LogP contribution in [0, 0.1) is 5.92 Å². The summed E-state index contributed by atoms with van der Waals surface area (Å²) in [5, 5.41) is 9.87. The van der Waals surface area contributed by atoms with Gasteiger partial charge < -0.3 is 24.2 Å². The molecular formula is C20H31NO5. The van der Waals surface area contributed by atoms with Crippen molar-refractivity contribution in [3.63, 3.8) is 0 Å². The first kappa shape index (κ1) is 20.7. The molecule has 1 aromatic carbocycles. The van der Waals surface area contributed by atoms with Gasteiger partial charge in [0.1, 0.15) is 5.60 Å². The summed E-state index contributed by atoms with van der Waals surface area (Å²) in [6.07, 6.45) is -0.673. The summed E-state index contributed by atoms with van der Waals surface area (Å²) in [6.45, 7) is 10.2. The van der Waals surface area contributed by atoms with Gasteiger partial charge in [0.2, 0.25) is 0 Å². The van der Waals surface area contributed by atoms with Crippen molar-refractivity contribution in [3.05, 3.63) is 35.9 Å². The second kappa shape index (κ2) is 8.37. The summed E-state index contributed by atoms with van der Waals surface area (Å²) in [6, 6.07) is 9.72.